The molecule has 2 aromatic heterocycles. The number of nitrogens with zero attached hydrogens (tertiary/aromatic N) is 2. The highest BCUT2D eigenvalue weighted by molar-refractivity contribution is 6.05. The monoisotopic (exact) mass is 515 g/mol. The van der Waals surface area contributed by atoms with Crippen molar-refractivity contribution in [3.05, 3.63) is 139 Å². The summed E-state index contributed by atoms with van der Waals surface area (Å²) in [7, 11) is 0. The fourth-order valence-electron chi connectivity index (χ4n) is 4.71. The number of benzene rings is 4. The van der Waals surface area contributed by atoms with Crippen molar-refractivity contribution in [3.63, 3.8) is 0 Å². The van der Waals surface area contributed by atoms with E-state index in [1.807, 2.05) is 84.9 Å². The van der Waals surface area contributed by atoms with Gasteiger partial charge in [-0.2, -0.15) is 0 Å². The van der Waals surface area contributed by atoms with E-state index < -0.39 is 0 Å². The van der Waals surface area contributed by atoms with Crippen molar-refractivity contribution >= 4 is 16.9 Å². The molecule has 4 aromatic carbocycles. The first-order chi connectivity index (χ1) is 19.3. The van der Waals surface area contributed by atoms with E-state index in [4.69, 9.17) is 9.15 Å². The average molecular weight is 516 g/mol. The first kappa shape index (κ1) is 24.5. The standard InChI is InChI=1S/C33H26FN3O2/c34-27-18-10-11-23(19-27)20-38-21-28(24-12-4-1-5-13-24)37-32-30-29(25-14-6-2-7-15-25)31(26-16-8-3-9-17-26)39-33(30)36-22-35-32/h1-19,22,28H,20-21H2,(H,35,36,37)/t28-/m1/s1. The lowest BCUT2D eigenvalue weighted by Gasteiger charge is -2.20. The second kappa shape index (κ2) is 11.3. The highest BCUT2D eigenvalue weighted by atomic mass is 19.1. The van der Waals surface area contributed by atoms with Crippen LogP contribution in [0.25, 0.3) is 33.6 Å². The molecule has 0 aliphatic rings. The molecule has 0 radical (unpaired) electrons. The van der Waals surface area contributed by atoms with Gasteiger partial charge in [0, 0.05) is 11.1 Å². The Hall–Kier alpha value is -4.81. The summed E-state index contributed by atoms with van der Waals surface area (Å²) in [5, 5.41) is 4.40. The first-order valence-electron chi connectivity index (χ1n) is 12.8. The quantitative estimate of drug-likeness (QED) is 0.211. The van der Waals surface area contributed by atoms with E-state index in [2.05, 4.69) is 27.4 Å². The Balaban J connectivity index is 1.40. The molecule has 0 saturated heterocycles. The lowest BCUT2D eigenvalue weighted by atomic mass is 9.99. The van der Waals surface area contributed by atoms with E-state index in [0.717, 1.165) is 39.0 Å². The number of furan rings is 1. The average Bonchev–Trinajstić information content (AvgIpc) is 3.39. The fourth-order valence-corrected chi connectivity index (χ4v) is 4.71. The zero-order valence-electron chi connectivity index (χ0n) is 21.1. The zero-order valence-corrected chi connectivity index (χ0v) is 21.1. The van der Waals surface area contributed by atoms with Crippen molar-refractivity contribution < 1.29 is 13.5 Å². The van der Waals surface area contributed by atoms with E-state index in [9.17, 15) is 4.39 Å². The molecule has 0 fully saturated rings. The summed E-state index contributed by atoms with van der Waals surface area (Å²) >= 11 is 0. The topological polar surface area (TPSA) is 60.2 Å². The van der Waals surface area contributed by atoms with Crippen molar-refractivity contribution in [1.29, 1.82) is 0 Å². The van der Waals surface area contributed by atoms with Gasteiger partial charge in [0.05, 0.1) is 24.6 Å². The van der Waals surface area contributed by atoms with Gasteiger partial charge in [-0.05, 0) is 28.8 Å². The SMILES string of the molecule is Fc1cccc(COC[C@@H](Nc2ncnc3oc(-c4ccccc4)c(-c4ccccc4)c23)c2ccccc2)c1. The maximum atomic E-state index is 13.7. The Morgan fingerprint density at radius 1 is 0.769 bits per heavy atom. The Labute approximate surface area is 225 Å². The highest BCUT2D eigenvalue weighted by Crippen LogP contribution is 2.43. The summed E-state index contributed by atoms with van der Waals surface area (Å²) in [5.41, 5.74) is 5.20. The van der Waals surface area contributed by atoms with Crippen molar-refractivity contribution in [2.75, 3.05) is 11.9 Å². The molecule has 0 amide bonds. The Bertz CT molecular complexity index is 1670. The number of ether oxygens (including phenoxy) is 1. The zero-order chi connectivity index (χ0) is 26.4. The van der Waals surface area contributed by atoms with E-state index >= 15 is 0 Å². The van der Waals surface area contributed by atoms with Gasteiger partial charge in [0.1, 0.15) is 23.7 Å². The summed E-state index contributed by atoms with van der Waals surface area (Å²) < 4.78 is 26.1. The maximum Gasteiger partial charge on any atom is 0.232 e. The number of hydrogen-bond donors (Lipinski definition) is 1. The predicted octanol–water partition coefficient (Wildman–Crippen LogP) is 8.07. The third kappa shape index (κ3) is 5.42. The summed E-state index contributed by atoms with van der Waals surface area (Å²) in [6.07, 6.45) is 1.51. The van der Waals surface area contributed by atoms with Crippen LogP contribution in [0.5, 0.6) is 0 Å². The molecule has 0 saturated carbocycles. The third-order valence-electron chi connectivity index (χ3n) is 6.54. The van der Waals surface area contributed by atoms with Crippen molar-refractivity contribution in [1.82, 2.24) is 9.97 Å². The second-order valence-electron chi connectivity index (χ2n) is 9.19. The number of rotatable bonds is 9. The van der Waals surface area contributed by atoms with Crippen LogP contribution in [0.4, 0.5) is 10.2 Å². The van der Waals surface area contributed by atoms with Crippen LogP contribution in [0.15, 0.2) is 126 Å². The predicted molar refractivity (Wildman–Crippen MR) is 152 cm³/mol. The number of hydrogen-bond acceptors (Lipinski definition) is 5. The number of nitrogens with one attached hydrogen (secondary N) is 1. The molecule has 0 aliphatic carbocycles. The molecule has 2 heterocycles. The first-order valence-corrected chi connectivity index (χ1v) is 12.8. The Morgan fingerprint density at radius 2 is 1.46 bits per heavy atom. The third-order valence-corrected chi connectivity index (χ3v) is 6.54. The molecular formula is C33H26FN3O2. The summed E-state index contributed by atoms with van der Waals surface area (Å²) in [5.74, 6) is 1.10. The smallest absolute Gasteiger partial charge is 0.232 e. The molecule has 1 N–H and O–H groups in total. The van der Waals surface area contributed by atoms with Crippen LogP contribution in [0.1, 0.15) is 17.2 Å². The molecule has 0 bridgehead atoms. The number of halogens is 1. The molecule has 1 atom stereocenters. The normalized spacial score (nSPS) is 11.9. The van der Waals surface area contributed by atoms with Crippen LogP contribution in [-0.2, 0) is 11.3 Å². The molecule has 39 heavy (non-hydrogen) atoms. The lowest BCUT2D eigenvalue weighted by molar-refractivity contribution is 0.112. The largest absolute Gasteiger partial charge is 0.437 e. The van der Waals surface area contributed by atoms with Crippen LogP contribution >= 0.6 is 0 Å². The minimum atomic E-state index is -0.278. The van der Waals surface area contributed by atoms with Gasteiger partial charge in [0.15, 0.2) is 0 Å². The summed E-state index contributed by atoms with van der Waals surface area (Å²) in [6.45, 7) is 0.636. The van der Waals surface area contributed by atoms with E-state index in [0.29, 0.717) is 24.7 Å². The van der Waals surface area contributed by atoms with Crippen LogP contribution in [0, 0.1) is 5.82 Å². The minimum Gasteiger partial charge on any atom is -0.437 e. The van der Waals surface area contributed by atoms with Crippen LogP contribution in [0.3, 0.4) is 0 Å². The molecule has 6 aromatic rings. The van der Waals surface area contributed by atoms with Gasteiger partial charge in [0.25, 0.3) is 0 Å². The Morgan fingerprint density at radius 3 is 2.18 bits per heavy atom. The maximum absolute atomic E-state index is 13.7. The second-order valence-corrected chi connectivity index (χ2v) is 9.19. The molecular weight excluding hydrogens is 489 g/mol. The number of aromatic nitrogens is 2. The van der Waals surface area contributed by atoms with Gasteiger partial charge < -0.3 is 14.5 Å². The minimum absolute atomic E-state index is 0.225. The lowest BCUT2D eigenvalue weighted by Crippen LogP contribution is -2.18. The molecule has 6 heteroatoms. The van der Waals surface area contributed by atoms with Crippen LogP contribution in [0.2, 0.25) is 0 Å². The van der Waals surface area contributed by atoms with Gasteiger partial charge in [-0.25, -0.2) is 14.4 Å². The van der Waals surface area contributed by atoms with Crippen LogP contribution < -0.4 is 5.32 Å². The molecule has 5 nitrogen and oxygen atoms in total. The molecule has 0 unspecified atom stereocenters. The van der Waals surface area contributed by atoms with E-state index in [1.165, 1.54) is 18.5 Å². The van der Waals surface area contributed by atoms with Gasteiger partial charge >= 0.3 is 0 Å². The number of fused-ring (bicyclic) bond motifs is 1. The molecule has 6 rings (SSSR count). The fraction of sp³-hybridized carbons (Fsp3) is 0.0909. The van der Waals surface area contributed by atoms with Gasteiger partial charge in [-0.15, -0.1) is 0 Å². The van der Waals surface area contributed by atoms with Crippen molar-refractivity contribution in [3.8, 4) is 22.5 Å². The van der Waals surface area contributed by atoms with Crippen LogP contribution in [-0.4, -0.2) is 16.6 Å². The van der Waals surface area contributed by atoms with Crippen molar-refractivity contribution in [2.24, 2.45) is 0 Å². The molecule has 192 valence electrons. The van der Waals surface area contributed by atoms with Crippen molar-refractivity contribution in [2.45, 2.75) is 12.6 Å². The highest BCUT2D eigenvalue weighted by Gasteiger charge is 2.23. The molecule has 0 aliphatic heterocycles. The van der Waals surface area contributed by atoms with Gasteiger partial charge in [-0.3, -0.25) is 0 Å². The number of anilines is 1. The van der Waals surface area contributed by atoms with E-state index in [-0.39, 0.29) is 11.9 Å². The Kier molecular flexibility index (Phi) is 7.10. The van der Waals surface area contributed by atoms with E-state index in [1.54, 1.807) is 6.07 Å². The summed E-state index contributed by atoms with van der Waals surface area (Å²) in [6, 6.07) is 36.4. The van der Waals surface area contributed by atoms with Gasteiger partial charge in [-0.1, -0.05) is 103 Å². The summed E-state index contributed by atoms with van der Waals surface area (Å²) in [4.78, 5) is 9.14. The van der Waals surface area contributed by atoms with Gasteiger partial charge in [0.2, 0.25) is 5.71 Å². The molecule has 0 spiro atoms.